The molecular weight excluding hydrogens is 711 g/mol. The summed E-state index contributed by atoms with van der Waals surface area (Å²) >= 11 is 0. The van der Waals surface area contributed by atoms with E-state index in [2.05, 4.69) is 9.97 Å². The van der Waals surface area contributed by atoms with E-state index >= 15 is 17.6 Å². The quantitative estimate of drug-likeness (QED) is 0.198. The van der Waals surface area contributed by atoms with Gasteiger partial charge in [0.25, 0.3) is 0 Å². The molecule has 1 aliphatic rings. The van der Waals surface area contributed by atoms with Crippen molar-refractivity contribution >= 4 is 16.7 Å². The zero-order chi connectivity index (χ0) is 37.6. The molecule has 1 saturated carbocycles. The van der Waals surface area contributed by atoms with Gasteiger partial charge in [0.05, 0.1) is 11.1 Å². The fourth-order valence-corrected chi connectivity index (χ4v) is 5.18. The Balaban J connectivity index is 2.30. The Labute approximate surface area is 263 Å². The van der Waals surface area contributed by atoms with E-state index in [4.69, 9.17) is 0 Å². The Morgan fingerprint density at radius 2 is 0.633 bits per heavy atom. The summed E-state index contributed by atoms with van der Waals surface area (Å²) in [6.45, 7) is 2.84. The summed E-state index contributed by atoms with van der Waals surface area (Å²) in [4.78, 5) is 4.47. The van der Waals surface area contributed by atoms with Gasteiger partial charge < -0.3 is 0 Å². The lowest BCUT2D eigenvalue weighted by molar-refractivity contribution is -0.159. The molecule has 0 N–H and O–H groups in total. The smallest absolute Gasteiger partial charge is 0.219 e. The van der Waals surface area contributed by atoms with E-state index in [1.54, 1.807) is 0 Å². The van der Waals surface area contributed by atoms with Crippen molar-refractivity contribution in [2.45, 2.75) is 53.1 Å². The maximum Gasteiger partial charge on any atom is 0.451 e. The zero-order valence-corrected chi connectivity index (χ0v) is 24.8. The highest BCUT2D eigenvalue weighted by Gasteiger charge is 2.50. The van der Waals surface area contributed by atoms with Crippen molar-refractivity contribution in [3.63, 3.8) is 0 Å². The fourth-order valence-electron chi connectivity index (χ4n) is 5.18. The van der Waals surface area contributed by atoms with Crippen molar-refractivity contribution in [1.82, 2.24) is 9.97 Å². The van der Waals surface area contributed by atoms with Crippen LogP contribution in [0.15, 0.2) is 16.7 Å². The molecule has 2 aromatic carbocycles. The number of aromatic nitrogens is 2. The summed E-state index contributed by atoms with van der Waals surface area (Å²) < 4.78 is 243. The van der Waals surface area contributed by atoms with Crippen molar-refractivity contribution in [2.75, 3.05) is 0 Å². The molecule has 1 fully saturated rings. The molecule has 4 rings (SSSR count). The normalized spacial score (nSPS) is 17.1. The molecule has 0 unspecified atom stereocenters. The van der Waals surface area contributed by atoms with E-state index in [1.807, 2.05) is 0 Å². The third-order valence-electron chi connectivity index (χ3n) is 7.60. The number of hydrogen-bond acceptors (Lipinski definition) is 2. The molecule has 1 aliphatic carbocycles. The molecule has 1 heterocycles. The van der Waals surface area contributed by atoms with Crippen LogP contribution in [0.3, 0.4) is 0 Å². The van der Waals surface area contributed by atoms with Crippen LogP contribution in [-0.2, 0) is 18.5 Å². The topological polar surface area (TPSA) is 25.8 Å². The molecule has 0 amide bonds. The molecular formula is C30H15F17N2. The van der Waals surface area contributed by atoms with Crippen LogP contribution in [0.25, 0.3) is 16.7 Å². The van der Waals surface area contributed by atoms with Gasteiger partial charge in [0.1, 0.15) is 0 Å². The number of hydrogen-bond donors (Lipinski definition) is 0. The third-order valence-corrected chi connectivity index (χ3v) is 7.60. The first kappa shape index (κ1) is 37.4. The number of rotatable bonds is 3. The highest BCUT2D eigenvalue weighted by atomic mass is 19.4. The van der Waals surface area contributed by atoms with Crippen LogP contribution < -0.4 is 0 Å². The molecule has 0 aliphatic heterocycles. The monoisotopic (exact) mass is 726 g/mol. The summed E-state index contributed by atoms with van der Waals surface area (Å²) in [6.07, 6.45) is -18.2. The van der Waals surface area contributed by atoms with Gasteiger partial charge in [-0.3, -0.25) is 0 Å². The van der Waals surface area contributed by atoms with Crippen molar-refractivity contribution in [3.8, 4) is 0 Å². The fraction of sp³-hybridized carbons (Fsp3) is 0.267. The van der Waals surface area contributed by atoms with Gasteiger partial charge in [-0.25, -0.2) is 45.1 Å². The maximum absolute atomic E-state index is 15.0. The van der Waals surface area contributed by atoms with Crippen molar-refractivity contribution in [2.24, 2.45) is 0 Å². The summed E-state index contributed by atoms with van der Waals surface area (Å²) in [5, 5.41) is 0. The average Bonchev–Trinajstić information content (AvgIpc) is 3.74. The lowest BCUT2D eigenvalue weighted by Gasteiger charge is -2.19. The van der Waals surface area contributed by atoms with Gasteiger partial charge in [-0.2, -0.15) is 39.5 Å². The molecule has 19 heteroatoms. The second-order valence-corrected chi connectivity index (χ2v) is 10.6. The highest BCUT2D eigenvalue weighted by Crippen LogP contribution is 2.58. The predicted octanol–water partition coefficient (Wildman–Crippen LogP) is 11.0. The Morgan fingerprint density at radius 3 is 0.857 bits per heavy atom. The van der Waals surface area contributed by atoms with Crippen molar-refractivity contribution < 1.29 is 74.6 Å². The number of nitrogens with zero attached hydrogens (tertiary/aromatic N) is 2. The third kappa shape index (κ3) is 6.04. The van der Waals surface area contributed by atoms with E-state index < -0.39 is 144 Å². The van der Waals surface area contributed by atoms with Gasteiger partial charge in [0, 0.05) is 16.7 Å². The van der Waals surface area contributed by atoms with E-state index in [9.17, 15) is 57.1 Å². The number of alkyl halides is 9. The summed E-state index contributed by atoms with van der Waals surface area (Å²) in [7, 11) is 0. The minimum atomic E-state index is -6.10. The largest absolute Gasteiger partial charge is 0.451 e. The van der Waals surface area contributed by atoms with Gasteiger partial charge in [-0.1, -0.05) is 0 Å². The lowest BCUT2D eigenvalue weighted by atomic mass is 9.98. The molecule has 3 aromatic rings. The van der Waals surface area contributed by atoms with E-state index in [1.165, 1.54) is 0 Å². The van der Waals surface area contributed by atoms with Crippen LogP contribution in [0.2, 0.25) is 0 Å². The number of benzene rings is 2. The van der Waals surface area contributed by atoms with Crippen molar-refractivity contribution in [3.05, 3.63) is 108 Å². The molecule has 0 radical (unpaired) electrons. The Morgan fingerprint density at radius 1 is 0.388 bits per heavy atom. The lowest BCUT2D eigenvalue weighted by Crippen LogP contribution is -2.25. The number of halogens is 17. The Bertz CT molecular complexity index is 1850. The van der Waals surface area contributed by atoms with Crippen LogP contribution >= 0.6 is 0 Å². The Kier molecular flexibility index (Phi) is 9.04. The first-order chi connectivity index (χ1) is 22.2. The van der Waals surface area contributed by atoms with Gasteiger partial charge >= 0.3 is 18.5 Å². The van der Waals surface area contributed by atoms with E-state index in [-0.39, 0.29) is 0 Å². The highest BCUT2D eigenvalue weighted by molar-refractivity contribution is 6.06. The Hall–Kier alpha value is -4.45. The minimum Gasteiger partial charge on any atom is -0.219 e. The van der Waals surface area contributed by atoms with Crippen LogP contribution in [0.5, 0.6) is 0 Å². The first-order valence-corrected chi connectivity index (χ1v) is 13.1. The minimum absolute atomic E-state index is 0.394. The van der Waals surface area contributed by atoms with E-state index in [0.717, 1.165) is 0 Å². The summed E-state index contributed by atoms with van der Waals surface area (Å²) in [5.74, 6) is -19.5. The average molecular weight is 726 g/mol. The molecule has 1 aromatic heterocycles. The zero-order valence-electron chi connectivity index (χ0n) is 24.8. The molecule has 0 saturated heterocycles. The number of allylic oxidation sites excluding steroid dienone is 6. The van der Waals surface area contributed by atoms with Crippen molar-refractivity contribution in [1.29, 1.82) is 0 Å². The maximum atomic E-state index is 15.0. The summed E-state index contributed by atoms with van der Waals surface area (Å²) in [5.41, 5.74) is -19.9. The van der Waals surface area contributed by atoms with Crippen LogP contribution in [0.1, 0.15) is 65.8 Å². The van der Waals surface area contributed by atoms with Gasteiger partial charge in [0.2, 0.25) is 5.82 Å². The van der Waals surface area contributed by atoms with Gasteiger partial charge in [-0.05, 0) is 68.1 Å². The molecule has 0 atom stereocenters. The molecule has 49 heavy (non-hydrogen) atoms. The molecule has 2 nitrogen and oxygen atoms in total. The van der Waals surface area contributed by atoms with Crippen LogP contribution in [0.4, 0.5) is 74.6 Å². The second-order valence-electron chi connectivity index (χ2n) is 10.6. The van der Waals surface area contributed by atoms with Gasteiger partial charge in [0.15, 0.2) is 57.9 Å². The SMILES string of the molecule is CC(=C1C(=C(/C)c2c(C(F)(F)F)nc(C(F)(F)F)nc2C(F)(F)F)/C1=C(/C)c1c(F)c(F)c(C)c(F)c1F)c1c(F)c(F)c(C)c(F)c1F. The van der Waals surface area contributed by atoms with Crippen LogP contribution in [0, 0.1) is 60.4 Å². The predicted molar refractivity (Wildman–Crippen MR) is 137 cm³/mol. The second kappa shape index (κ2) is 11.9. The standard InChI is InChI=1S/C30H15F17N2/c1-6(14-21(35)17(31)9(4)18(32)22(14)36)11-12(7(2)15-23(37)19(33)10(5)20(34)24(15)38)13(11)8(3)16-25(28(39,40)41)48-27(30(45,46)47)49-26(16)29(42,43)44/h1-5H3/b11-6-,12-7?,13-8-. The van der Waals surface area contributed by atoms with E-state index in [0.29, 0.717) is 34.6 Å². The molecule has 264 valence electrons. The molecule has 0 bridgehead atoms. The van der Waals surface area contributed by atoms with Crippen LogP contribution in [-0.4, -0.2) is 9.97 Å². The molecule has 0 spiro atoms. The summed E-state index contributed by atoms with van der Waals surface area (Å²) in [6, 6.07) is 0. The first-order valence-electron chi connectivity index (χ1n) is 13.1. The van der Waals surface area contributed by atoms with Gasteiger partial charge in [-0.15, -0.1) is 0 Å².